The topological polar surface area (TPSA) is 92.8 Å². The molecule has 0 fully saturated rings. The maximum Gasteiger partial charge on any atom is 0.308 e. The third-order valence-electron chi connectivity index (χ3n) is 5.49. The van der Waals surface area contributed by atoms with Gasteiger partial charge in [-0.2, -0.15) is 0 Å². The lowest BCUT2D eigenvalue weighted by molar-refractivity contribution is -0.148. The van der Waals surface area contributed by atoms with E-state index >= 15 is 0 Å². The number of fused-ring (bicyclic) bond motifs is 2. The van der Waals surface area contributed by atoms with E-state index in [-0.39, 0.29) is 31.5 Å². The smallest absolute Gasteiger partial charge is 0.308 e. The van der Waals surface area contributed by atoms with Gasteiger partial charge in [0, 0.05) is 6.54 Å². The summed E-state index contributed by atoms with van der Waals surface area (Å²) in [5.41, 5.74) is 3.01. The summed E-state index contributed by atoms with van der Waals surface area (Å²) in [6.07, 6.45) is 2.67. The van der Waals surface area contributed by atoms with Crippen LogP contribution in [0, 0.1) is 0 Å². The molecule has 1 N–H and O–H groups in total. The van der Waals surface area contributed by atoms with Gasteiger partial charge in [0.25, 0.3) is 17.7 Å². The van der Waals surface area contributed by atoms with E-state index < -0.39 is 17.8 Å². The van der Waals surface area contributed by atoms with Gasteiger partial charge in [-0.1, -0.05) is 36.4 Å². The highest BCUT2D eigenvalue weighted by Crippen LogP contribution is 2.29. The summed E-state index contributed by atoms with van der Waals surface area (Å²) in [4.78, 5) is 49.9. The third-order valence-corrected chi connectivity index (χ3v) is 5.49. The maximum absolute atomic E-state index is 12.3. The number of nitrogens with one attached hydrogen (secondary N) is 1. The maximum atomic E-state index is 12.3. The molecule has 1 aliphatic heterocycles. The number of aryl methyl sites for hydroxylation is 1. The van der Waals surface area contributed by atoms with Crippen LogP contribution in [-0.4, -0.2) is 41.7 Å². The molecule has 154 valence electrons. The second-order valence-electron chi connectivity index (χ2n) is 7.43. The average Bonchev–Trinajstić information content (AvgIpc) is 3.01. The molecular weight excluding hydrogens is 384 g/mol. The van der Waals surface area contributed by atoms with Gasteiger partial charge >= 0.3 is 5.97 Å². The number of esters is 1. The lowest BCUT2D eigenvalue weighted by Gasteiger charge is -2.26. The Labute approximate surface area is 174 Å². The standard InChI is InChI=1S/C23H22N2O5/c26-20(24-19-11-5-7-15-6-1-2-8-16(15)19)14-30-21(27)12-13-25-22(28)17-9-3-4-10-18(17)23(25)29/h1-4,6,8-10,19H,5,7,11-14H2,(H,24,26)/t19-/m1/s1. The van der Waals surface area contributed by atoms with E-state index in [4.69, 9.17) is 4.74 Å². The number of carbonyl (C=O) groups is 4. The van der Waals surface area contributed by atoms with Crippen molar-refractivity contribution in [3.8, 4) is 0 Å². The number of carbonyl (C=O) groups excluding carboxylic acids is 4. The van der Waals surface area contributed by atoms with Crippen LogP contribution in [0.25, 0.3) is 0 Å². The van der Waals surface area contributed by atoms with Crippen molar-refractivity contribution in [3.63, 3.8) is 0 Å². The van der Waals surface area contributed by atoms with Gasteiger partial charge in [0.2, 0.25) is 0 Å². The minimum Gasteiger partial charge on any atom is -0.456 e. The molecule has 3 amide bonds. The minimum atomic E-state index is -0.634. The first-order chi connectivity index (χ1) is 14.5. The highest BCUT2D eigenvalue weighted by atomic mass is 16.5. The number of imide groups is 1. The predicted molar refractivity (Wildman–Crippen MR) is 108 cm³/mol. The fraction of sp³-hybridized carbons (Fsp3) is 0.304. The predicted octanol–water partition coefficient (Wildman–Crippen LogP) is 2.41. The fourth-order valence-corrected chi connectivity index (χ4v) is 4.00. The van der Waals surface area contributed by atoms with Crippen molar-refractivity contribution in [1.82, 2.24) is 10.2 Å². The monoisotopic (exact) mass is 406 g/mol. The second-order valence-corrected chi connectivity index (χ2v) is 7.43. The van der Waals surface area contributed by atoms with Gasteiger partial charge in [-0.15, -0.1) is 0 Å². The third kappa shape index (κ3) is 3.96. The summed E-state index contributed by atoms with van der Waals surface area (Å²) < 4.78 is 5.04. The summed E-state index contributed by atoms with van der Waals surface area (Å²) in [5, 5.41) is 2.92. The van der Waals surface area contributed by atoms with Gasteiger partial charge in [-0.3, -0.25) is 24.1 Å². The molecule has 1 aliphatic carbocycles. The Bertz CT molecular complexity index is 981. The van der Waals surface area contributed by atoms with E-state index in [2.05, 4.69) is 11.4 Å². The number of hydrogen-bond acceptors (Lipinski definition) is 5. The fourth-order valence-electron chi connectivity index (χ4n) is 4.00. The number of amides is 3. The molecule has 1 heterocycles. The Balaban J connectivity index is 1.25. The summed E-state index contributed by atoms with van der Waals surface area (Å²) in [5.74, 6) is -1.84. The van der Waals surface area contributed by atoms with Crippen LogP contribution < -0.4 is 5.32 Å². The first-order valence-electron chi connectivity index (χ1n) is 10.0. The number of benzene rings is 2. The molecule has 0 bridgehead atoms. The van der Waals surface area contributed by atoms with E-state index in [9.17, 15) is 19.2 Å². The van der Waals surface area contributed by atoms with Crippen LogP contribution in [0.1, 0.15) is 57.1 Å². The Hall–Kier alpha value is -3.48. The van der Waals surface area contributed by atoms with Crippen molar-refractivity contribution in [2.75, 3.05) is 13.2 Å². The Morgan fingerprint density at radius 1 is 1.00 bits per heavy atom. The summed E-state index contributed by atoms with van der Waals surface area (Å²) in [6.45, 7) is -0.470. The van der Waals surface area contributed by atoms with Gasteiger partial charge in [-0.25, -0.2) is 0 Å². The number of rotatable bonds is 6. The number of hydrogen-bond donors (Lipinski definition) is 1. The first-order valence-corrected chi connectivity index (χ1v) is 10.0. The van der Waals surface area contributed by atoms with E-state index in [1.54, 1.807) is 24.3 Å². The molecule has 1 atom stereocenters. The van der Waals surface area contributed by atoms with Crippen molar-refractivity contribution < 1.29 is 23.9 Å². The van der Waals surface area contributed by atoms with E-state index in [1.807, 2.05) is 18.2 Å². The van der Waals surface area contributed by atoms with Crippen LogP contribution in [0.2, 0.25) is 0 Å². The van der Waals surface area contributed by atoms with E-state index in [0.717, 1.165) is 29.7 Å². The molecule has 2 aromatic rings. The largest absolute Gasteiger partial charge is 0.456 e. The quantitative estimate of drug-likeness (QED) is 0.587. The SMILES string of the molecule is O=C(COC(=O)CCN1C(=O)c2ccccc2C1=O)N[C@@H]1CCCc2ccccc21. The molecule has 0 unspecified atom stereocenters. The van der Waals surface area contributed by atoms with Crippen molar-refractivity contribution in [3.05, 3.63) is 70.8 Å². The van der Waals surface area contributed by atoms with Gasteiger partial charge in [0.05, 0.1) is 23.6 Å². The average molecular weight is 406 g/mol. The molecule has 7 nitrogen and oxygen atoms in total. The Morgan fingerprint density at radius 2 is 1.67 bits per heavy atom. The van der Waals surface area contributed by atoms with Gasteiger partial charge in [0.15, 0.2) is 6.61 Å². The molecular formula is C23H22N2O5. The van der Waals surface area contributed by atoms with Crippen LogP contribution in [0.4, 0.5) is 0 Å². The molecule has 0 saturated heterocycles. The zero-order chi connectivity index (χ0) is 21.1. The zero-order valence-electron chi connectivity index (χ0n) is 16.4. The van der Waals surface area contributed by atoms with Crippen LogP contribution in [0.5, 0.6) is 0 Å². The number of ether oxygens (including phenoxy) is 1. The molecule has 0 radical (unpaired) electrons. The van der Waals surface area contributed by atoms with Crippen molar-refractivity contribution >= 4 is 23.7 Å². The minimum absolute atomic E-state index is 0.0806. The second kappa shape index (κ2) is 8.49. The normalized spacial score (nSPS) is 17.3. The summed E-state index contributed by atoms with van der Waals surface area (Å²) in [7, 11) is 0. The molecule has 2 aromatic carbocycles. The molecule has 0 saturated carbocycles. The van der Waals surface area contributed by atoms with Gasteiger partial charge < -0.3 is 10.1 Å². The molecule has 30 heavy (non-hydrogen) atoms. The van der Waals surface area contributed by atoms with E-state index in [1.165, 1.54) is 5.56 Å². The molecule has 0 aromatic heterocycles. The van der Waals surface area contributed by atoms with Crippen LogP contribution >= 0.6 is 0 Å². The molecule has 2 aliphatic rings. The lowest BCUT2D eigenvalue weighted by Crippen LogP contribution is -2.35. The molecule has 4 rings (SSSR count). The molecule has 0 spiro atoms. The van der Waals surface area contributed by atoms with E-state index in [0.29, 0.717) is 11.1 Å². The van der Waals surface area contributed by atoms with Crippen molar-refractivity contribution in [2.45, 2.75) is 31.7 Å². The first kappa shape index (κ1) is 19.8. The van der Waals surface area contributed by atoms with Crippen LogP contribution in [-0.2, 0) is 20.7 Å². The summed E-state index contributed by atoms with van der Waals surface area (Å²) >= 11 is 0. The highest BCUT2D eigenvalue weighted by Gasteiger charge is 2.35. The van der Waals surface area contributed by atoms with Crippen LogP contribution in [0.15, 0.2) is 48.5 Å². The van der Waals surface area contributed by atoms with Crippen molar-refractivity contribution in [1.29, 1.82) is 0 Å². The van der Waals surface area contributed by atoms with Crippen molar-refractivity contribution in [2.24, 2.45) is 0 Å². The van der Waals surface area contributed by atoms with Gasteiger partial charge in [-0.05, 0) is 42.5 Å². The molecule has 7 heteroatoms. The Morgan fingerprint density at radius 3 is 2.40 bits per heavy atom. The summed E-state index contributed by atoms with van der Waals surface area (Å²) in [6, 6.07) is 14.5. The Kier molecular flexibility index (Phi) is 5.61. The van der Waals surface area contributed by atoms with Gasteiger partial charge in [0.1, 0.15) is 0 Å². The zero-order valence-corrected chi connectivity index (χ0v) is 16.4. The van der Waals surface area contributed by atoms with Crippen LogP contribution in [0.3, 0.4) is 0 Å². The lowest BCUT2D eigenvalue weighted by atomic mass is 9.88. The number of nitrogens with zero attached hydrogens (tertiary/aromatic N) is 1. The highest BCUT2D eigenvalue weighted by molar-refractivity contribution is 6.21.